The number of rotatable bonds is 8. The summed E-state index contributed by atoms with van der Waals surface area (Å²) in [5.74, 6) is 1.17. The molecular formula is C15H21N5O3S. The first-order valence-electron chi connectivity index (χ1n) is 7.35. The first-order chi connectivity index (χ1) is 11.5. The van der Waals surface area contributed by atoms with Gasteiger partial charge in [-0.3, -0.25) is 9.79 Å². The predicted octanol–water partition coefficient (Wildman–Crippen LogP) is 2.02. The number of thiazole rings is 1. The zero-order chi connectivity index (χ0) is 17.5. The van der Waals surface area contributed by atoms with Crippen molar-refractivity contribution in [2.45, 2.75) is 20.4 Å². The van der Waals surface area contributed by atoms with Crippen molar-refractivity contribution in [3.63, 3.8) is 0 Å². The SMILES string of the molecule is COCCN=CNc1sc(N)nc1-c1cc(C)c(CNC(C)=O)o1. The lowest BCUT2D eigenvalue weighted by atomic mass is 10.2. The van der Waals surface area contributed by atoms with Crippen molar-refractivity contribution in [2.24, 2.45) is 4.99 Å². The lowest BCUT2D eigenvalue weighted by Gasteiger charge is -2.00. The molecule has 130 valence electrons. The molecule has 24 heavy (non-hydrogen) atoms. The number of amides is 1. The Kier molecular flexibility index (Phi) is 6.33. The van der Waals surface area contributed by atoms with E-state index in [0.29, 0.717) is 42.0 Å². The van der Waals surface area contributed by atoms with E-state index in [2.05, 4.69) is 20.6 Å². The lowest BCUT2D eigenvalue weighted by Crippen LogP contribution is -2.18. The highest BCUT2D eigenvalue weighted by atomic mass is 32.1. The van der Waals surface area contributed by atoms with Gasteiger partial charge in [-0.1, -0.05) is 11.3 Å². The Morgan fingerprint density at radius 1 is 1.58 bits per heavy atom. The molecule has 0 aromatic carbocycles. The fraction of sp³-hybridized carbons (Fsp3) is 0.400. The number of aromatic nitrogens is 1. The molecule has 0 atom stereocenters. The molecule has 2 aromatic heterocycles. The van der Waals surface area contributed by atoms with Crippen LogP contribution in [0.1, 0.15) is 18.2 Å². The minimum absolute atomic E-state index is 0.111. The van der Waals surface area contributed by atoms with Crippen LogP contribution in [0.25, 0.3) is 11.5 Å². The lowest BCUT2D eigenvalue weighted by molar-refractivity contribution is -0.119. The molecule has 0 bridgehead atoms. The van der Waals surface area contributed by atoms with E-state index in [9.17, 15) is 4.79 Å². The first kappa shape index (κ1) is 18.0. The number of aliphatic imine (C=N–C) groups is 1. The third-order valence-electron chi connectivity index (χ3n) is 3.11. The van der Waals surface area contributed by atoms with Crippen LogP contribution in [0, 0.1) is 6.92 Å². The van der Waals surface area contributed by atoms with Gasteiger partial charge >= 0.3 is 0 Å². The Morgan fingerprint density at radius 2 is 2.38 bits per heavy atom. The maximum Gasteiger partial charge on any atom is 0.217 e. The molecule has 2 rings (SSSR count). The molecule has 0 fully saturated rings. The summed E-state index contributed by atoms with van der Waals surface area (Å²) in [7, 11) is 1.63. The number of nitrogen functional groups attached to an aromatic ring is 1. The van der Waals surface area contributed by atoms with Crippen LogP contribution in [0.15, 0.2) is 15.5 Å². The molecule has 4 N–H and O–H groups in total. The van der Waals surface area contributed by atoms with E-state index in [1.165, 1.54) is 18.3 Å². The average molecular weight is 351 g/mol. The molecule has 0 unspecified atom stereocenters. The summed E-state index contributed by atoms with van der Waals surface area (Å²) in [6.45, 7) is 4.83. The number of carbonyl (C=O) groups is 1. The molecule has 0 spiro atoms. The summed E-state index contributed by atoms with van der Waals surface area (Å²) in [4.78, 5) is 19.5. The van der Waals surface area contributed by atoms with Crippen molar-refractivity contribution in [2.75, 3.05) is 31.3 Å². The highest BCUT2D eigenvalue weighted by molar-refractivity contribution is 7.20. The number of furan rings is 1. The quantitative estimate of drug-likeness (QED) is 0.381. The monoisotopic (exact) mass is 351 g/mol. The van der Waals surface area contributed by atoms with E-state index in [1.54, 1.807) is 13.4 Å². The van der Waals surface area contributed by atoms with E-state index in [0.717, 1.165) is 10.6 Å². The van der Waals surface area contributed by atoms with Crippen LogP contribution in [0.3, 0.4) is 0 Å². The topological polar surface area (TPSA) is 115 Å². The molecular weight excluding hydrogens is 330 g/mol. The second-order valence-corrected chi connectivity index (χ2v) is 6.06. The molecule has 0 aliphatic heterocycles. The Balaban J connectivity index is 2.15. The summed E-state index contributed by atoms with van der Waals surface area (Å²) >= 11 is 1.31. The number of methoxy groups -OCH3 is 1. The van der Waals surface area contributed by atoms with Gasteiger partial charge < -0.3 is 25.5 Å². The number of nitrogens with one attached hydrogen (secondary N) is 2. The van der Waals surface area contributed by atoms with Gasteiger partial charge in [0.15, 0.2) is 10.9 Å². The van der Waals surface area contributed by atoms with Crippen molar-refractivity contribution in [3.8, 4) is 11.5 Å². The highest BCUT2D eigenvalue weighted by Crippen LogP contribution is 2.36. The molecule has 0 radical (unpaired) electrons. The number of nitrogens with zero attached hydrogens (tertiary/aromatic N) is 2. The van der Waals surface area contributed by atoms with E-state index in [-0.39, 0.29) is 5.91 Å². The van der Waals surface area contributed by atoms with Crippen LogP contribution in [-0.4, -0.2) is 37.5 Å². The van der Waals surface area contributed by atoms with Crippen molar-refractivity contribution in [1.82, 2.24) is 10.3 Å². The van der Waals surface area contributed by atoms with E-state index in [4.69, 9.17) is 14.9 Å². The van der Waals surface area contributed by atoms with Gasteiger partial charge in [0.05, 0.1) is 26.0 Å². The second-order valence-electron chi connectivity index (χ2n) is 5.03. The average Bonchev–Trinajstić information content (AvgIpc) is 3.07. The Hall–Kier alpha value is -2.39. The molecule has 0 aliphatic rings. The van der Waals surface area contributed by atoms with E-state index in [1.807, 2.05) is 13.0 Å². The third kappa shape index (κ3) is 4.80. The van der Waals surface area contributed by atoms with Gasteiger partial charge in [-0.15, -0.1) is 0 Å². The fourth-order valence-electron chi connectivity index (χ4n) is 1.93. The number of ether oxygens (including phenoxy) is 1. The van der Waals surface area contributed by atoms with Gasteiger partial charge in [0, 0.05) is 14.0 Å². The van der Waals surface area contributed by atoms with Crippen LogP contribution in [-0.2, 0) is 16.1 Å². The smallest absolute Gasteiger partial charge is 0.217 e. The van der Waals surface area contributed by atoms with Crippen LogP contribution in [0.4, 0.5) is 10.1 Å². The van der Waals surface area contributed by atoms with Crippen LogP contribution in [0.2, 0.25) is 0 Å². The van der Waals surface area contributed by atoms with Gasteiger partial charge in [-0.25, -0.2) is 4.98 Å². The van der Waals surface area contributed by atoms with Crippen molar-refractivity contribution >= 4 is 33.7 Å². The van der Waals surface area contributed by atoms with Gasteiger partial charge in [0.25, 0.3) is 0 Å². The third-order valence-corrected chi connectivity index (χ3v) is 3.92. The Morgan fingerprint density at radius 3 is 3.08 bits per heavy atom. The fourth-order valence-corrected chi connectivity index (χ4v) is 2.63. The van der Waals surface area contributed by atoms with Crippen LogP contribution < -0.4 is 16.4 Å². The molecule has 0 saturated carbocycles. The number of anilines is 2. The number of aryl methyl sites for hydroxylation is 1. The van der Waals surface area contributed by atoms with Crippen molar-refractivity contribution in [3.05, 3.63) is 17.4 Å². The Labute approximate surface area is 144 Å². The van der Waals surface area contributed by atoms with Gasteiger partial charge in [-0.2, -0.15) is 0 Å². The molecule has 8 nitrogen and oxygen atoms in total. The van der Waals surface area contributed by atoms with Crippen molar-refractivity contribution < 1.29 is 13.9 Å². The normalized spacial score (nSPS) is 11.1. The number of hydrogen-bond donors (Lipinski definition) is 3. The molecule has 2 heterocycles. The van der Waals surface area contributed by atoms with Gasteiger partial charge in [0.2, 0.25) is 5.91 Å². The molecule has 9 heteroatoms. The molecule has 1 amide bonds. The minimum atomic E-state index is -0.111. The summed E-state index contributed by atoms with van der Waals surface area (Å²) in [5, 5.41) is 6.96. The van der Waals surface area contributed by atoms with Crippen molar-refractivity contribution in [1.29, 1.82) is 0 Å². The first-order valence-corrected chi connectivity index (χ1v) is 8.17. The zero-order valence-electron chi connectivity index (χ0n) is 13.9. The summed E-state index contributed by atoms with van der Waals surface area (Å²) in [5.41, 5.74) is 7.37. The zero-order valence-corrected chi connectivity index (χ0v) is 14.7. The Bertz CT molecular complexity index is 723. The standard InChI is InChI=1S/C15H21N5O3S/c1-9-6-11(23-12(9)7-18-10(2)21)13-14(24-15(16)20-13)19-8-17-4-5-22-3/h6,8H,4-5,7H2,1-3H3,(H2,16,20)(H,17,19)(H,18,21). The highest BCUT2D eigenvalue weighted by Gasteiger charge is 2.17. The number of carbonyl (C=O) groups excluding carboxylic acids is 1. The van der Waals surface area contributed by atoms with E-state index < -0.39 is 0 Å². The summed E-state index contributed by atoms with van der Waals surface area (Å²) in [6, 6.07) is 1.87. The summed E-state index contributed by atoms with van der Waals surface area (Å²) < 4.78 is 10.7. The molecule has 0 saturated heterocycles. The second kappa shape index (κ2) is 8.46. The molecule has 2 aromatic rings. The van der Waals surface area contributed by atoms with Crippen LogP contribution in [0.5, 0.6) is 0 Å². The number of nitrogens with two attached hydrogens (primary N) is 1. The van der Waals surface area contributed by atoms with Gasteiger partial charge in [0.1, 0.15) is 16.5 Å². The van der Waals surface area contributed by atoms with E-state index >= 15 is 0 Å². The van der Waals surface area contributed by atoms with Crippen LogP contribution >= 0.6 is 11.3 Å². The predicted molar refractivity (Wildman–Crippen MR) is 95.3 cm³/mol. The maximum atomic E-state index is 11.0. The molecule has 0 aliphatic carbocycles. The largest absolute Gasteiger partial charge is 0.457 e. The summed E-state index contributed by atoms with van der Waals surface area (Å²) in [6.07, 6.45) is 1.59. The number of hydrogen-bond acceptors (Lipinski definition) is 7. The maximum absolute atomic E-state index is 11.0. The minimum Gasteiger partial charge on any atom is -0.457 e. The van der Waals surface area contributed by atoms with Gasteiger partial charge in [-0.05, 0) is 18.6 Å².